The van der Waals surface area contributed by atoms with Crippen LogP contribution in [0.4, 0.5) is 13.2 Å². The van der Waals surface area contributed by atoms with E-state index in [0.717, 1.165) is 12.1 Å². The molecule has 1 nitrogen and oxygen atoms in total. The van der Waals surface area contributed by atoms with Gasteiger partial charge in [-0.1, -0.05) is 36.4 Å². The molecule has 0 unspecified atom stereocenters. The van der Waals surface area contributed by atoms with Crippen molar-refractivity contribution in [1.82, 2.24) is 0 Å². The standard InChI is InChI=1S/C14H9F3O/c15-11-7-6-10(13(16)14(11)17)8-12(18)9-4-2-1-3-5-9/h1-7H,8H2. The van der Waals surface area contributed by atoms with Crippen LogP contribution in [0.2, 0.25) is 0 Å². The van der Waals surface area contributed by atoms with Crippen LogP contribution in [0.3, 0.4) is 0 Å². The fraction of sp³-hybridized carbons (Fsp3) is 0.0714. The van der Waals surface area contributed by atoms with Crippen LogP contribution in [-0.2, 0) is 6.42 Å². The van der Waals surface area contributed by atoms with Gasteiger partial charge in [-0.3, -0.25) is 4.79 Å². The number of Topliss-reactive ketones (excluding diaryl/α,β-unsaturated/α-hetero) is 1. The van der Waals surface area contributed by atoms with E-state index in [0.29, 0.717) is 5.56 Å². The smallest absolute Gasteiger partial charge is 0.194 e. The number of benzene rings is 2. The van der Waals surface area contributed by atoms with E-state index < -0.39 is 17.5 Å². The normalized spacial score (nSPS) is 10.4. The van der Waals surface area contributed by atoms with Crippen molar-refractivity contribution in [3.8, 4) is 0 Å². The third kappa shape index (κ3) is 2.42. The van der Waals surface area contributed by atoms with E-state index in [1.54, 1.807) is 30.3 Å². The average Bonchev–Trinajstić information content (AvgIpc) is 2.40. The van der Waals surface area contributed by atoms with Gasteiger partial charge in [-0.05, 0) is 11.6 Å². The largest absolute Gasteiger partial charge is 0.294 e. The molecule has 2 aromatic rings. The Hall–Kier alpha value is -2.10. The lowest BCUT2D eigenvalue weighted by Crippen LogP contribution is -2.07. The molecule has 0 fully saturated rings. The molecule has 0 heterocycles. The summed E-state index contributed by atoms with van der Waals surface area (Å²) in [7, 11) is 0. The molecular weight excluding hydrogens is 241 g/mol. The highest BCUT2D eigenvalue weighted by Gasteiger charge is 2.16. The highest BCUT2D eigenvalue weighted by molar-refractivity contribution is 5.97. The van der Waals surface area contributed by atoms with Crippen LogP contribution < -0.4 is 0 Å². The van der Waals surface area contributed by atoms with Gasteiger partial charge in [-0.2, -0.15) is 0 Å². The lowest BCUT2D eigenvalue weighted by Gasteiger charge is -2.04. The number of rotatable bonds is 3. The number of hydrogen-bond donors (Lipinski definition) is 0. The van der Waals surface area contributed by atoms with E-state index in [4.69, 9.17) is 0 Å². The predicted molar refractivity (Wildman–Crippen MR) is 60.8 cm³/mol. The first-order valence-electron chi connectivity index (χ1n) is 5.30. The monoisotopic (exact) mass is 250 g/mol. The van der Waals surface area contributed by atoms with Crippen LogP contribution in [0.25, 0.3) is 0 Å². The maximum atomic E-state index is 13.4. The molecule has 0 amide bonds. The summed E-state index contributed by atoms with van der Waals surface area (Å²) in [4.78, 5) is 11.8. The zero-order valence-electron chi connectivity index (χ0n) is 9.29. The topological polar surface area (TPSA) is 17.1 Å². The Morgan fingerprint density at radius 3 is 2.22 bits per heavy atom. The van der Waals surface area contributed by atoms with Crippen LogP contribution in [0.5, 0.6) is 0 Å². The van der Waals surface area contributed by atoms with Crippen molar-refractivity contribution in [3.05, 3.63) is 71.0 Å². The van der Waals surface area contributed by atoms with Gasteiger partial charge in [0.2, 0.25) is 0 Å². The van der Waals surface area contributed by atoms with Crippen molar-refractivity contribution in [2.45, 2.75) is 6.42 Å². The summed E-state index contributed by atoms with van der Waals surface area (Å²) < 4.78 is 39.1. The highest BCUT2D eigenvalue weighted by Crippen LogP contribution is 2.17. The molecule has 2 rings (SSSR count). The average molecular weight is 250 g/mol. The predicted octanol–water partition coefficient (Wildman–Crippen LogP) is 3.53. The summed E-state index contributed by atoms with van der Waals surface area (Å²) in [5.74, 6) is -4.46. The molecule has 0 aliphatic heterocycles. The quantitative estimate of drug-likeness (QED) is 0.601. The molecule has 92 valence electrons. The first-order chi connectivity index (χ1) is 8.59. The molecule has 0 N–H and O–H groups in total. The van der Waals surface area contributed by atoms with Crippen molar-refractivity contribution in [3.63, 3.8) is 0 Å². The Kier molecular flexibility index (Phi) is 3.46. The highest BCUT2D eigenvalue weighted by atomic mass is 19.2. The molecule has 0 aromatic heterocycles. The van der Waals surface area contributed by atoms with E-state index in [9.17, 15) is 18.0 Å². The first-order valence-corrected chi connectivity index (χ1v) is 5.30. The SMILES string of the molecule is O=C(Cc1ccc(F)c(F)c1F)c1ccccc1. The minimum atomic E-state index is -1.55. The van der Waals surface area contributed by atoms with Gasteiger partial charge in [0.1, 0.15) is 0 Å². The van der Waals surface area contributed by atoms with Gasteiger partial charge < -0.3 is 0 Å². The van der Waals surface area contributed by atoms with Gasteiger partial charge in [0.25, 0.3) is 0 Å². The third-order valence-corrected chi connectivity index (χ3v) is 2.56. The second kappa shape index (κ2) is 5.04. The Bertz CT molecular complexity index is 579. The summed E-state index contributed by atoms with van der Waals surface area (Å²) in [6.45, 7) is 0. The van der Waals surface area contributed by atoms with Gasteiger partial charge >= 0.3 is 0 Å². The molecule has 0 saturated carbocycles. The van der Waals surface area contributed by atoms with Crippen molar-refractivity contribution in [1.29, 1.82) is 0 Å². The van der Waals surface area contributed by atoms with Crippen LogP contribution in [0, 0.1) is 17.5 Å². The molecular formula is C14H9F3O. The molecule has 0 aliphatic rings. The molecule has 2 aromatic carbocycles. The van der Waals surface area contributed by atoms with Gasteiger partial charge in [0, 0.05) is 12.0 Å². The van der Waals surface area contributed by atoms with E-state index >= 15 is 0 Å². The Labute approximate surface area is 102 Å². The molecule has 0 saturated heterocycles. The van der Waals surface area contributed by atoms with Crippen LogP contribution in [0.1, 0.15) is 15.9 Å². The van der Waals surface area contributed by atoms with E-state index in [1.807, 2.05) is 0 Å². The first kappa shape index (κ1) is 12.4. The Morgan fingerprint density at radius 1 is 0.889 bits per heavy atom. The number of hydrogen-bond acceptors (Lipinski definition) is 1. The second-order valence-corrected chi connectivity index (χ2v) is 3.80. The number of carbonyl (C=O) groups is 1. The third-order valence-electron chi connectivity index (χ3n) is 2.56. The van der Waals surface area contributed by atoms with Crippen molar-refractivity contribution in [2.75, 3.05) is 0 Å². The lowest BCUT2D eigenvalue weighted by molar-refractivity contribution is 0.0991. The van der Waals surface area contributed by atoms with Crippen LogP contribution in [-0.4, -0.2) is 5.78 Å². The lowest BCUT2D eigenvalue weighted by atomic mass is 10.0. The minimum Gasteiger partial charge on any atom is -0.294 e. The minimum absolute atomic E-state index is 0.150. The number of halogens is 3. The summed E-state index contributed by atoms with van der Waals surface area (Å²) in [5, 5.41) is 0. The molecule has 4 heteroatoms. The van der Waals surface area contributed by atoms with E-state index in [-0.39, 0.29) is 17.8 Å². The van der Waals surface area contributed by atoms with E-state index in [1.165, 1.54) is 0 Å². The van der Waals surface area contributed by atoms with Gasteiger partial charge in [0.05, 0.1) is 0 Å². The zero-order chi connectivity index (χ0) is 13.1. The molecule has 0 atom stereocenters. The molecule has 0 bridgehead atoms. The van der Waals surface area contributed by atoms with Gasteiger partial charge in [0.15, 0.2) is 23.2 Å². The van der Waals surface area contributed by atoms with Crippen LogP contribution >= 0.6 is 0 Å². The summed E-state index contributed by atoms with van der Waals surface area (Å²) >= 11 is 0. The van der Waals surface area contributed by atoms with Gasteiger partial charge in [-0.15, -0.1) is 0 Å². The number of carbonyl (C=O) groups excluding carboxylic acids is 1. The molecule has 0 spiro atoms. The van der Waals surface area contributed by atoms with Crippen molar-refractivity contribution < 1.29 is 18.0 Å². The number of ketones is 1. The summed E-state index contributed by atoms with van der Waals surface area (Å²) in [5.41, 5.74) is 0.254. The fourth-order valence-corrected chi connectivity index (χ4v) is 1.60. The summed E-state index contributed by atoms with van der Waals surface area (Å²) in [6, 6.07) is 10.2. The second-order valence-electron chi connectivity index (χ2n) is 3.80. The maximum Gasteiger partial charge on any atom is 0.194 e. The van der Waals surface area contributed by atoms with Crippen molar-refractivity contribution in [2.24, 2.45) is 0 Å². The summed E-state index contributed by atoms with van der Waals surface area (Å²) in [6.07, 6.45) is -0.299. The van der Waals surface area contributed by atoms with Gasteiger partial charge in [-0.25, -0.2) is 13.2 Å². The zero-order valence-corrected chi connectivity index (χ0v) is 9.29. The molecule has 0 aliphatic carbocycles. The Balaban J connectivity index is 2.26. The fourth-order valence-electron chi connectivity index (χ4n) is 1.60. The maximum absolute atomic E-state index is 13.4. The Morgan fingerprint density at radius 2 is 1.56 bits per heavy atom. The van der Waals surface area contributed by atoms with Crippen molar-refractivity contribution >= 4 is 5.78 Å². The molecule has 0 radical (unpaired) electrons. The molecule has 18 heavy (non-hydrogen) atoms. The van der Waals surface area contributed by atoms with E-state index in [2.05, 4.69) is 0 Å². The van der Waals surface area contributed by atoms with Crippen LogP contribution in [0.15, 0.2) is 42.5 Å².